The first-order chi connectivity index (χ1) is 15.2. The molecule has 0 saturated heterocycles. The lowest BCUT2D eigenvalue weighted by Gasteiger charge is -2.61. The summed E-state index contributed by atoms with van der Waals surface area (Å²) in [6.07, 6.45) is 9.86. The third-order valence-electron chi connectivity index (χ3n) is 8.91. The quantitative estimate of drug-likeness (QED) is 0.694. The fraction of sp³-hybridized carbons (Fsp3) is 0.625. The molecule has 4 atom stereocenters. The Labute approximate surface area is 188 Å². The van der Waals surface area contributed by atoms with Crippen molar-refractivity contribution < 1.29 is 17.9 Å². The maximum atomic E-state index is 14.9. The summed E-state index contributed by atoms with van der Waals surface area (Å²) in [5.41, 5.74) is 2.31. The van der Waals surface area contributed by atoms with Crippen LogP contribution in [0.4, 0.5) is 4.39 Å². The SMILES string of the molecule is CS(=O)(=O)NCC1C2CC3CC1CC(C(O)CC1c4c(F)cccc4-c4cncn41)(C3)C2. The van der Waals surface area contributed by atoms with Crippen molar-refractivity contribution in [2.75, 3.05) is 12.8 Å². The van der Waals surface area contributed by atoms with Crippen molar-refractivity contribution >= 4 is 10.0 Å². The number of hydrogen-bond donors (Lipinski definition) is 2. The Morgan fingerprint density at radius 1 is 1.28 bits per heavy atom. The molecule has 4 fully saturated rings. The molecule has 4 aliphatic carbocycles. The number of aromatic nitrogens is 2. The first-order valence-electron chi connectivity index (χ1n) is 11.7. The van der Waals surface area contributed by atoms with E-state index in [1.807, 2.05) is 10.6 Å². The summed E-state index contributed by atoms with van der Waals surface area (Å²) in [7, 11) is -3.20. The number of sulfonamides is 1. The van der Waals surface area contributed by atoms with Crippen LogP contribution in [0.2, 0.25) is 0 Å². The van der Waals surface area contributed by atoms with Gasteiger partial charge in [0, 0.05) is 17.7 Å². The van der Waals surface area contributed by atoms with E-state index in [-0.39, 0.29) is 17.3 Å². The third-order valence-corrected chi connectivity index (χ3v) is 9.61. The van der Waals surface area contributed by atoms with Gasteiger partial charge in [-0.15, -0.1) is 0 Å². The number of nitrogens with one attached hydrogen (secondary N) is 1. The summed E-state index contributed by atoms with van der Waals surface area (Å²) in [6.45, 7) is 0.507. The van der Waals surface area contributed by atoms with E-state index in [4.69, 9.17) is 0 Å². The zero-order valence-electron chi connectivity index (χ0n) is 18.2. The first-order valence-corrected chi connectivity index (χ1v) is 13.6. The van der Waals surface area contributed by atoms with Gasteiger partial charge in [-0.3, -0.25) is 0 Å². The van der Waals surface area contributed by atoms with Crippen LogP contribution >= 0.6 is 0 Å². The predicted molar refractivity (Wildman–Crippen MR) is 119 cm³/mol. The van der Waals surface area contributed by atoms with Crippen LogP contribution in [0.15, 0.2) is 30.7 Å². The van der Waals surface area contributed by atoms with Gasteiger partial charge in [0.15, 0.2) is 0 Å². The molecule has 7 rings (SSSR count). The average Bonchev–Trinajstić information content (AvgIpc) is 3.29. The minimum absolute atomic E-state index is 0.146. The van der Waals surface area contributed by atoms with Crippen LogP contribution in [-0.4, -0.2) is 42.0 Å². The Hall–Kier alpha value is -1.77. The molecule has 8 heteroatoms. The minimum Gasteiger partial charge on any atom is -0.392 e. The highest BCUT2D eigenvalue weighted by atomic mass is 32.2. The number of fused-ring (bicyclic) bond motifs is 3. The van der Waals surface area contributed by atoms with Crippen LogP contribution in [-0.2, 0) is 10.0 Å². The van der Waals surface area contributed by atoms with E-state index >= 15 is 0 Å². The molecule has 0 radical (unpaired) electrons. The molecule has 2 heterocycles. The molecule has 172 valence electrons. The molecule has 1 aromatic heterocycles. The van der Waals surface area contributed by atoms with E-state index in [0.717, 1.165) is 43.4 Å². The second kappa shape index (κ2) is 7.11. The molecule has 6 nitrogen and oxygen atoms in total. The third kappa shape index (κ3) is 3.17. The molecule has 4 unspecified atom stereocenters. The number of nitrogens with zero attached hydrogens (tertiary/aromatic N) is 2. The maximum Gasteiger partial charge on any atom is 0.208 e. The van der Waals surface area contributed by atoms with Gasteiger partial charge in [-0.1, -0.05) is 12.1 Å². The van der Waals surface area contributed by atoms with Crippen LogP contribution in [0, 0.1) is 34.9 Å². The van der Waals surface area contributed by atoms with Gasteiger partial charge in [0.25, 0.3) is 0 Å². The molecule has 0 spiro atoms. The Kier molecular flexibility index (Phi) is 4.63. The number of halogens is 1. The number of aliphatic hydroxyl groups excluding tert-OH is 1. The standard InChI is InChI=1S/C24H30FN3O3S/c1-32(30,31)27-11-18-15-5-14-6-16(18)10-24(8-14,9-15)22(29)7-20-23-17(3-2-4-19(23)25)21-12-26-13-28(20)21/h2-4,12-16,18,20,22,27,29H,5-11H2,1H3. The van der Waals surface area contributed by atoms with Gasteiger partial charge in [-0.2, -0.15) is 0 Å². The molecular formula is C24H30FN3O3S. The van der Waals surface area contributed by atoms with E-state index in [1.165, 1.54) is 12.3 Å². The number of benzene rings is 1. The van der Waals surface area contributed by atoms with Gasteiger partial charge in [0.1, 0.15) is 5.82 Å². The van der Waals surface area contributed by atoms with Gasteiger partial charge < -0.3 is 9.67 Å². The summed E-state index contributed by atoms with van der Waals surface area (Å²) >= 11 is 0. The summed E-state index contributed by atoms with van der Waals surface area (Å²) in [4.78, 5) is 4.28. The van der Waals surface area contributed by atoms with Crippen molar-refractivity contribution in [3.8, 4) is 11.3 Å². The van der Waals surface area contributed by atoms with Crippen LogP contribution in [0.25, 0.3) is 11.3 Å². The Morgan fingerprint density at radius 2 is 2.03 bits per heavy atom. The van der Waals surface area contributed by atoms with Crippen molar-refractivity contribution in [1.29, 1.82) is 0 Å². The minimum atomic E-state index is -3.20. The molecule has 2 N–H and O–H groups in total. The Balaban J connectivity index is 1.26. The van der Waals surface area contributed by atoms with E-state index in [1.54, 1.807) is 18.6 Å². The van der Waals surface area contributed by atoms with Gasteiger partial charge in [0.2, 0.25) is 10.0 Å². The zero-order chi connectivity index (χ0) is 22.3. The Morgan fingerprint density at radius 3 is 2.75 bits per heavy atom. The van der Waals surface area contributed by atoms with Crippen molar-refractivity contribution in [3.05, 3.63) is 42.1 Å². The molecule has 4 bridgehead atoms. The lowest BCUT2D eigenvalue weighted by molar-refractivity contribution is -0.148. The van der Waals surface area contributed by atoms with Crippen LogP contribution in [0.1, 0.15) is 50.1 Å². The number of rotatable bonds is 6. The molecule has 32 heavy (non-hydrogen) atoms. The van der Waals surface area contributed by atoms with Crippen molar-refractivity contribution in [2.45, 2.75) is 50.7 Å². The number of hydrogen-bond acceptors (Lipinski definition) is 4. The van der Waals surface area contributed by atoms with Crippen molar-refractivity contribution in [2.24, 2.45) is 29.1 Å². The highest BCUT2D eigenvalue weighted by molar-refractivity contribution is 7.88. The largest absolute Gasteiger partial charge is 0.392 e. The molecule has 1 aliphatic heterocycles. The van der Waals surface area contributed by atoms with Crippen molar-refractivity contribution in [3.63, 3.8) is 0 Å². The monoisotopic (exact) mass is 459 g/mol. The van der Waals surface area contributed by atoms with E-state index in [9.17, 15) is 17.9 Å². The van der Waals surface area contributed by atoms with Gasteiger partial charge >= 0.3 is 0 Å². The number of imidazole rings is 1. The average molecular weight is 460 g/mol. The summed E-state index contributed by atoms with van der Waals surface area (Å²) in [5.74, 6) is 1.63. The van der Waals surface area contributed by atoms with Gasteiger partial charge in [0.05, 0.1) is 36.6 Å². The lowest BCUT2D eigenvalue weighted by Crippen LogP contribution is -2.57. The first kappa shape index (κ1) is 20.8. The molecule has 1 aromatic carbocycles. The molecule has 2 aromatic rings. The molecule has 4 saturated carbocycles. The maximum absolute atomic E-state index is 14.9. The highest BCUT2D eigenvalue weighted by Gasteiger charge is 2.58. The summed E-state index contributed by atoms with van der Waals surface area (Å²) in [6, 6.07) is 4.92. The fourth-order valence-electron chi connectivity index (χ4n) is 7.87. The predicted octanol–water partition coefficient (Wildman–Crippen LogP) is 3.33. The van der Waals surface area contributed by atoms with Crippen LogP contribution < -0.4 is 4.72 Å². The zero-order valence-corrected chi connectivity index (χ0v) is 19.1. The normalized spacial score (nSPS) is 35.7. The molecule has 0 amide bonds. The van der Waals surface area contributed by atoms with Crippen LogP contribution in [0.5, 0.6) is 0 Å². The van der Waals surface area contributed by atoms with E-state index < -0.39 is 16.1 Å². The summed E-state index contributed by atoms with van der Waals surface area (Å²) in [5, 5.41) is 11.6. The summed E-state index contributed by atoms with van der Waals surface area (Å²) < 4.78 is 42.9. The topological polar surface area (TPSA) is 84.2 Å². The van der Waals surface area contributed by atoms with E-state index in [2.05, 4.69) is 9.71 Å². The van der Waals surface area contributed by atoms with E-state index in [0.29, 0.717) is 42.2 Å². The fourth-order valence-corrected chi connectivity index (χ4v) is 8.37. The lowest BCUT2D eigenvalue weighted by atomic mass is 9.44. The van der Waals surface area contributed by atoms with Gasteiger partial charge in [-0.25, -0.2) is 22.5 Å². The van der Waals surface area contributed by atoms with Gasteiger partial charge in [-0.05, 0) is 73.7 Å². The smallest absolute Gasteiger partial charge is 0.208 e. The Bertz CT molecular complexity index is 1150. The second-order valence-electron chi connectivity index (χ2n) is 10.8. The second-order valence-corrected chi connectivity index (χ2v) is 12.6. The number of aliphatic hydroxyl groups is 1. The van der Waals surface area contributed by atoms with Crippen LogP contribution in [0.3, 0.4) is 0 Å². The molecular weight excluding hydrogens is 429 g/mol. The highest BCUT2D eigenvalue weighted by Crippen LogP contribution is 2.64. The molecule has 5 aliphatic rings. The van der Waals surface area contributed by atoms with Crippen molar-refractivity contribution in [1.82, 2.24) is 14.3 Å².